The first kappa shape index (κ1) is 22.8. The van der Waals surface area contributed by atoms with Gasteiger partial charge in [-0.05, 0) is 47.5 Å². The van der Waals surface area contributed by atoms with E-state index >= 15 is 0 Å². The zero-order valence-corrected chi connectivity index (χ0v) is 18.9. The molecule has 3 aromatic carbocycles. The Morgan fingerprint density at radius 1 is 0.939 bits per heavy atom. The Morgan fingerprint density at radius 2 is 1.64 bits per heavy atom. The van der Waals surface area contributed by atoms with Crippen molar-refractivity contribution < 1.29 is 19.0 Å². The lowest BCUT2D eigenvalue weighted by atomic mass is 10.0. The quantitative estimate of drug-likeness (QED) is 0.537. The highest BCUT2D eigenvalue weighted by Gasteiger charge is 2.23. The van der Waals surface area contributed by atoms with Crippen molar-refractivity contribution in [1.29, 1.82) is 0 Å². The number of nitrogens with one attached hydrogen (secondary N) is 1. The minimum atomic E-state index is -0.0858. The van der Waals surface area contributed by atoms with Crippen molar-refractivity contribution in [3.05, 3.63) is 95.6 Å². The third-order valence-electron chi connectivity index (χ3n) is 5.81. The summed E-state index contributed by atoms with van der Waals surface area (Å²) in [5.74, 6) is 1.56. The summed E-state index contributed by atoms with van der Waals surface area (Å²) in [5, 5.41) is 3.12. The number of carbonyl (C=O) groups excluding carboxylic acids is 1. The van der Waals surface area contributed by atoms with Gasteiger partial charge >= 0.3 is 0 Å². The Labute approximate surface area is 195 Å². The molecule has 1 heterocycles. The molecule has 1 aliphatic rings. The molecule has 0 saturated carbocycles. The molecule has 1 fully saturated rings. The highest BCUT2D eigenvalue weighted by atomic mass is 16.5. The molecule has 4 rings (SSSR count). The van der Waals surface area contributed by atoms with Gasteiger partial charge in [-0.1, -0.05) is 42.5 Å². The second-order valence-electron chi connectivity index (χ2n) is 7.95. The number of morpholine rings is 1. The molecule has 0 aromatic heterocycles. The van der Waals surface area contributed by atoms with Crippen molar-refractivity contribution in [3.8, 4) is 11.5 Å². The molecule has 0 unspecified atom stereocenters. The summed E-state index contributed by atoms with van der Waals surface area (Å²) >= 11 is 0. The summed E-state index contributed by atoms with van der Waals surface area (Å²) in [6.07, 6.45) is 0. The summed E-state index contributed by atoms with van der Waals surface area (Å²) in [5.41, 5.74) is 2.79. The van der Waals surface area contributed by atoms with E-state index in [1.807, 2.05) is 66.7 Å². The summed E-state index contributed by atoms with van der Waals surface area (Å²) < 4.78 is 16.6. The van der Waals surface area contributed by atoms with Gasteiger partial charge in [0, 0.05) is 25.2 Å². The first-order valence-electron chi connectivity index (χ1n) is 11.2. The first-order valence-corrected chi connectivity index (χ1v) is 11.2. The van der Waals surface area contributed by atoms with Gasteiger partial charge in [0.2, 0.25) is 0 Å². The van der Waals surface area contributed by atoms with E-state index < -0.39 is 0 Å². The number of hydrogen-bond donors (Lipinski definition) is 1. The molecule has 0 spiro atoms. The Hall–Kier alpha value is -3.35. The van der Waals surface area contributed by atoms with E-state index in [-0.39, 0.29) is 11.9 Å². The van der Waals surface area contributed by atoms with Crippen LogP contribution in [0.15, 0.2) is 78.9 Å². The normalized spacial score (nSPS) is 14.9. The van der Waals surface area contributed by atoms with Crippen LogP contribution >= 0.6 is 0 Å². The summed E-state index contributed by atoms with van der Waals surface area (Å²) in [6, 6.07) is 25.4. The molecule has 3 aromatic rings. The number of rotatable bonds is 9. The molecule has 1 aliphatic heterocycles. The zero-order valence-electron chi connectivity index (χ0n) is 18.9. The number of amides is 1. The highest BCUT2D eigenvalue weighted by Crippen LogP contribution is 2.24. The highest BCUT2D eigenvalue weighted by molar-refractivity contribution is 5.94. The Bertz CT molecular complexity index is 1000. The second kappa shape index (κ2) is 11.5. The van der Waals surface area contributed by atoms with Crippen LogP contribution < -0.4 is 14.8 Å². The molecule has 1 N–H and O–H groups in total. The smallest absolute Gasteiger partial charge is 0.251 e. The second-order valence-corrected chi connectivity index (χ2v) is 7.95. The van der Waals surface area contributed by atoms with Crippen LogP contribution in [0.3, 0.4) is 0 Å². The van der Waals surface area contributed by atoms with E-state index in [1.54, 1.807) is 7.11 Å². The van der Waals surface area contributed by atoms with Gasteiger partial charge in [0.05, 0.1) is 26.4 Å². The van der Waals surface area contributed by atoms with Gasteiger partial charge in [0.15, 0.2) is 0 Å². The number of ether oxygens (including phenoxy) is 3. The fourth-order valence-corrected chi connectivity index (χ4v) is 3.90. The maximum Gasteiger partial charge on any atom is 0.251 e. The monoisotopic (exact) mass is 446 g/mol. The van der Waals surface area contributed by atoms with Crippen LogP contribution in [0.1, 0.15) is 27.5 Å². The number of nitrogens with zero attached hydrogens (tertiary/aromatic N) is 1. The van der Waals surface area contributed by atoms with Gasteiger partial charge in [-0.25, -0.2) is 0 Å². The van der Waals surface area contributed by atoms with Crippen molar-refractivity contribution in [3.63, 3.8) is 0 Å². The standard InChI is InChI=1S/C27H30N2O4/c1-31-24-13-11-22(12-14-24)26(29-15-17-32-18-16-29)19-28-27(30)23-9-7-21(8-10-23)20-33-25-5-3-2-4-6-25/h2-14,26H,15-20H2,1H3,(H,28,30)/t26-/m0/s1. The van der Waals surface area contributed by atoms with E-state index in [1.165, 1.54) is 0 Å². The third kappa shape index (κ3) is 6.34. The fourth-order valence-electron chi connectivity index (χ4n) is 3.90. The van der Waals surface area contributed by atoms with Crippen LogP contribution in [0.5, 0.6) is 11.5 Å². The van der Waals surface area contributed by atoms with Gasteiger partial charge in [-0.3, -0.25) is 9.69 Å². The van der Waals surface area contributed by atoms with E-state index in [4.69, 9.17) is 14.2 Å². The van der Waals surface area contributed by atoms with Crippen molar-refractivity contribution in [1.82, 2.24) is 10.2 Å². The van der Waals surface area contributed by atoms with Crippen LogP contribution in [0.25, 0.3) is 0 Å². The summed E-state index contributed by atoms with van der Waals surface area (Å²) in [6.45, 7) is 4.05. The Kier molecular flexibility index (Phi) is 7.95. The predicted octanol–water partition coefficient (Wildman–Crippen LogP) is 4.08. The molecule has 1 atom stereocenters. The van der Waals surface area contributed by atoms with Gasteiger partial charge < -0.3 is 19.5 Å². The summed E-state index contributed by atoms with van der Waals surface area (Å²) in [7, 11) is 1.66. The van der Waals surface area contributed by atoms with Crippen molar-refractivity contribution in [2.45, 2.75) is 12.6 Å². The average molecular weight is 447 g/mol. The molecule has 172 valence electrons. The number of hydrogen-bond acceptors (Lipinski definition) is 5. The fraction of sp³-hybridized carbons (Fsp3) is 0.296. The van der Waals surface area contributed by atoms with Gasteiger partial charge in [-0.2, -0.15) is 0 Å². The minimum absolute atomic E-state index is 0.0716. The summed E-state index contributed by atoms with van der Waals surface area (Å²) in [4.78, 5) is 15.2. The van der Waals surface area contributed by atoms with Gasteiger partial charge in [0.25, 0.3) is 5.91 Å². The first-order chi connectivity index (χ1) is 16.2. The maximum atomic E-state index is 12.8. The van der Waals surface area contributed by atoms with E-state index in [2.05, 4.69) is 22.3 Å². The average Bonchev–Trinajstić information content (AvgIpc) is 2.89. The molecule has 6 heteroatoms. The van der Waals surface area contributed by atoms with Crippen LogP contribution in [0.2, 0.25) is 0 Å². The Morgan fingerprint density at radius 3 is 2.30 bits per heavy atom. The topological polar surface area (TPSA) is 60.0 Å². The van der Waals surface area contributed by atoms with Crippen LogP contribution in [-0.2, 0) is 11.3 Å². The molecule has 6 nitrogen and oxygen atoms in total. The molecule has 0 bridgehead atoms. The number of carbonyl (C=O) groups is 1. The molecule has 0 aliphatic carbocycles. The lowest BCUT2D eigenvalue weighted by molar-refractivity contribution is 0.0162. The lowest BCUT2D eigenvalue weighted by Gasteiger charge is -2.35. The van der Waals surface area contributed by atoms with Gasteiger partial charge in [-0.15, -0.1) is 0 Å². The number of para-hydroxylation sites is 1. The maximum absolute atomic E-state index is 12.8. The SMILES string of the molecule is COc1ccc([C@H](CNC(=O)c2ccc(COc3ccccc3)cc2)N2CCOCC2)cc1. The largest absolute Gasteiger partial charge is 0.497 e. The van der Waals surface area contributed by atoms with Crippen LogP contribution in [0.4, 0.5) is 0 Å². The van der Waals surface area contributed by atoms with E-state index in [9.17, 15) is 4.79 Å². The predicted molar refractivity (Wildman–Crippen MR) is 128 cm³/mol. The molecule has 1 saturated heterocycles. The molecule has 0 radical (unpaired) electrons. The van der Waals surface area contributed by atoms with Crippen LogP contribution in [-0.4, -0.2) is 50.8 Å². The Balaban J connectivity index is 1.37. The number of methoxy groups -OCH3 is 1. The van der Waals surface area contributed by atoms with Crippen molar-refractivity contribution in [2.75, 3.05) is 40.0 Å². The molecule has 1 amide bonds. The molecular formula is C27H30N2O4. The van der Waals surface area contributed by atoms with Crippen molar-refractivity contribution >= 4 is 5.91 Å². The molecule has 33 heavy (non-hydrogen) atoms. The molecular weight excluding hydrogens is 416 g/mol. The minimum Gasteiger partial charge on any atom is -0.497 e. The third-order valence-corrected chi connectivity index (χ3v) is 5.81. The van der Waals surface area contributed by atoms with E-state index in [0.29, 0.717) is 31.9 Å². The van der Waals surface area contributed by atoms with Crippen LogP contribution in [0, 0.1) is 0 Å². The van der Waals surface area contributed by atoms with E-state index in [0.717, 1.165) is 35.7 Å². The van der Waals surface area contributed by atoms with Crippen molar-refractivity contribution in [2.24, 2.45) is 0 Å². The lowest BCUT2D eigenvalue weighted by Crippen LogP contribution is -2.43. The number of benzene rings is 3. The zero-order chi connectivity index (χ0) is 22.9. The van der Waals surface area contributed by atoms with Gasteiger partial charge in [0.1, 0.15) is 18.1 Å².